The number of rotatable bonds is 7. The maximum absolute atomic E-state index is 3.69. The van der Waals surface area contributed by atoms with Crippen LogP contribution in [0, 0.1) is 5.92 Å². The lowest BCUT2D eigenvalue weighted by Crippen LogP contribution is -2.32. The number of hydrogen-bond donors (Lipinski definition) is 1. The van der Waals surface area contributed by atoms with Crippen LogP contribution in [0.25, 0.3) is 0 Å². The van der Waals surface area contributed by atoms with Gasteiger partial charge in [-0.15, -0.1) is 0 Å². The van der Waals surface area contributed by atoms with E-state index in [4.69, 9.17) is 0 Å². The predicted octanol–water partition coefficient (Wildman–Crippen LogP) is 4.16. The summed E-state index contributed by atoms with van der Waals surface area (Å²) in [6.07, 6.45) is 6.63. The summed E-state index contributed by atoms with van der Waals surface area (Å²) in [6, 6.07) is 9.37. The molecular weight excluding hydrogens is 274 g/mol. The van der Waals surface area contributed by atoms with Gasteiger partial charge in [0.1, 0.15) is 0 Å². The molecule has 1 unspecified atom stereocenters. The van der Waals surface area contributed by atoms with E-state index in [1.165, 1.54) is 35.7 Å². The van der Waals surface area contributed by atoms with Gasteiger partial charge in [-0.25, -0.2) is 0 Å². The third-order valence-corrected chi connectivity index (χ3v) is 3.86. The van der Waals surface area contributed by atoms with E-state index in [-0.39, 0.29) is 0 Å². The van der Waals surface area contributed by atoms with Gasteiger partial charge in [0.25, 0.3) is 0 Å². The molecule has 1 atom stereocenters. The summed E-state index contributed by atoms with van der Waals surface area (Å²) in [5, 5.41) is 3.69. The molecule has 1 aliphatic rings. The lowest BCUT2D eigenvalue weighted by atomic mass is 10.0. The maximum Gasteiger partial charge on any atom is 0.0178 e. The summed E-state index contributed by atoms with van der Waals surface area (Å²) in [7, 11) is 0. The average Bonchev–Trinajstić information content (AvgIpc) is 3.10. The van der Waals surface area contributed by atoms with Crippen LogP contribution in [0.3, 0.4) is 0 Å². The summed E-state index contributed by atoms with van der Waals surface area (Å²) >= 11 is 3.55. The minimum atomic E-state index is 0.664. The molecule has 0 saturated heterocycles. The lowest BCUT2D eigenvalue weighted by molar-refractivity contribution is 0.455. The number of halogens is 1. The van der Waals surface area contributed by atoms with Gasteiger partial charge >= 0.3 is 0 Å². The molecule has 0 amide bonds. The van der Waals surface area contributed by atoms with Gasteiger partial charge in [-0.05, 0) is 49.4 Å². The van der Waals surface area contributed by atoms with E-state index in [0.29, 0.717) is 6.04 Å². The van der Waals surface area contributed by atoms with Crippen LogP contribution in [0.1, 0.15) is 38.2 Å². The Balaban J connectivity index is 1.90. The van der Waals surface area contributed by atoms with Crippen molar-refractivity contribution in [3.63, 3.8) is 0 Å². The first-order valence-electron chi connectivity index (χ1n) is 6.75. The van der Waals surface area contributed by atoms with Gasteiger partial charge in [0.2, 0.25) is 0 Å². The summed E-state index contributed by atoms with van der Waals surface area (Å²) in [6.45, 7) is 3.38. The molecular formula is C15H22BrN. The Bertz CT molecular complexity index is 347. The Kier molecular flexibility index (Phi) is 5.05. The van der Waals surface area contributed by atoms with E-state index in [2.05, 4.69) is 52.4 Å². The highest BCUT2D eigenvalue weighted by Crippen LogP contribution is 2.34. The molecule has 0 bridgehead atoms. The van der Waals surface area contributed by atoms with E-state index < -0.39 is 0 Å². The molecule has 2 rings (SSSR count). The first-order chi connectivity index (χ1) is 8.28. The summed E-state index contributed by atoms with van der Waals surface area (Å²) in [4.78, 5) is 0. The van der Waals surface area contributed by atoms with Crippen molar-refractivity contribution in [1.29, 1.82) is 0 Å². The molecule has 17 heavy (non-hydrogen) atoms. The SMILES string of the molecule is CCCNC(Cc1cccc(Br)c1)CC1CC1. The fraction of sp³-hybridized carbons (Fsp3) is 0.600. The highest BCUT2D eigenvalue weighted by Gasteiger charge is 2.25. The van der Waals surface area contributed by atoms with E-state index in [0.717, 1.165) is 18.9 Å². The normalized spacial score (nSPS) is 17.1. The average molecular weight is 296 g/mol. The van der Waals surface area contributed by atoms with Crippen LogP contribution in [-0.2, 0) is 6.42 Å². The van der Waals surface area contributed by atoms with Crippen molar-refractivity contribution in [3.8, 4) is 0 Å². The predicted molar refractivity (Wildman–Crippen MR) is 77.3 cm³/mol. The lowest BCUT2D eigenvalue weighted by Gasteiger charge is -2.18. The number of nitrogens with one attached hydrogen (secondary N) is 1. The summed E-state index contributed by atoms with van der Waals surface area (Å²) in [5.74, 6) is 0.997. The smallest absolute Gasteiger partial charge is 0.0178 e. The highest BCUT2D eigenvalue weighted by molar-refractivity contribution is 9.10. The van der Waals surface area contributed by atoms with Crippen molar-refractivity contribution < 1.29 is 0 Å². The van der Waals surface area contributed by atoms with Gasteiger partial charge in [-0.2, -0.15) is 0 Å². The molecule has 1 fully saturated rings. The van der Waals surface area contributed by atoms with Gasteiger partial charge in [0.05, 0.1) is 0 Å². The summed E-state index contributed by atoms with van der Waals surface area (Å²) in [5.41, 5.74) is 1.44. The Morgan fingerprint density at radius 3 is 2.88 bits per heavy atom. The highest BCUT2D eigenvalue weighted by atomic mass is 79.9. The van der Waals surface area contributed by atoms with Gasteiger partial charge in [0, 0.05) is 10.5 Å². The van der Waals surface area contributed by atoms with Gasteiger partial charge in [-0.3, -0.25) is 0 Å². The molecule has 0 heterocycles. The van der Waals surface area contributed by atoms with Gasteiger partial charge in [-0.1, -0.05) is 47.8 Å². The van der Waals surface area contributed by atoms with Crippen molar-refractivity contribution in [2.45, 2.75) is 45.1 Å². The van der Waals surface area contributed by atoms with Crippen LogP contribution >= 0.6 is 15.9 Å². The fourth-order valence-corrected chi connectivity index (χ4v) is 2.74. The molecule has 2 heteroatoms. The second kappa shape index (κ2) is 6.55. The second-order valence-electron chi connectivity index (χ2n) is 5.16. The zero-order valence-corrected chi connectivity index (χ0v) is 12.2. The fourth-order valence-electron chi connectivity index (χ4n) is 2.29. The molecule has 1 aliphatic carbocycles. The van der Waals surface area contributed by atoms with Crippen LogP contribution in [0.15, 0.2) is 28.7 Å². The van der Waals surface area contributed by atoms with Crippen LogP contribution in [0.4, 0.5) is 0 Å². The Hall–Kier alpha value is -0.340. The zero-order valence-electron chi connectivity index (χ0n) is 10.6. The summed E-state index contributed by atoms with van der Waals surface area (Å²) < 4.78 is 1.19. The van der Waals surface area contributed by atoms with Crippen LogP contribution < -0.4 is 5.32 Å². The van der Waals surface area contributed by atoms with Crippen molar-refractivity contribution >= 4 is 15.9 Å². The third-order valence-electron chi connectivity index (χ3n) is 3.37. The van der Waals surface area contributed by atoms with Crippen molar-refractivity contribution in [3.05, 3.63) is 34.3 Å². The standard InChI is InChI=1S/C15H22BrN/c1-2-8-17-15(10-12-6-7-12)11-13-4-3-5-14(16)9-13/h3-5,9,12,15,17H,2,6-8,10-11H2,1H3. The van der Waals surface area contributed by atoms with Crippen molar-refractivity contribution in [2.24, 2.45) is 5.92 Å². The molecule has 0 aliphatic heterocycles. The number of benzene rings is 1. The molecule has 0 spiro atoms. The van der Waals surface area contributed by atoms with Gasteiger partial charge < -0.3 is 5.32 Å². The third kappa shape index (κ3) is 4.81. The van der Waals surface area contributed by atoms with E-state index >= 15 is 0 Å². The van der Waals surface area contributed by atoms with E-state index in [1.807, 2.05) is 0 Å². The first kappa shape index (κ1) is 13.1. The molecule has 1 nitrogen and oxygen atoms in total. The molecule has 1 saturated carbocycles. The quantitative estimate of drug-likeness (QED) is 0.796. The second-order valence-corrected chi connectivity index (χ2v) is 6.08. The zero-order chi connectivity index (χ0) is 12.1. The molecule has 94 valence electrons. The Morgan fingerprint density at radius 1 is 1.41 bits per heavy atom. The maximum atomic E-state index is 3.69. The first-order valence-corrected chi connectivity index (χ1v) is 7.55. The molecule has 0 radical (unpaired) electrons. The molecule has 0 aromatic heterocycles. The largest absolute Gasteiger partial charge is 0.314 e. The minimum Gasteiger partial charge on any atom is -0.314 e. The topological polar surface area (TPSA) is 12.0 Å². The Labute approximate surface area is 113 Å². The van der Waals surface area contributed by atoms with Crippen molar-refractivity contribution in [1.82, 2.24) is 5.32 Å². The van der Waals surface area contributed by atoms with E-state index in [9.17, 15) is 0 Å². The van der Waals surface area contributed by atoms with Gasteiger partial charge in [0.15, 0.2) is 0 Å². The van der Waals surface area contributed by atoms with Crippen LogP contribution in [-0.4, -0.2) is 12.6 Å². The Morgan fingerprint density at radius 2 is 2.24 bits per heavy atom. The van der Waals surface area contributed by atoms with Crippen LogP contribution in [0.5, 0.6) is 0 Å². The molecule has 1 aromatic rings. The monoisotopic (exact) mass is 295 g/mol. The minimum absolute atomic E-state index is 0.664. The van der Waals surface area contributed by atoms with Crippen LogP contribution in [0.2, 0.25) is 0 Å². The van der Waals surface area contributed by atoms with Crippen molar-refractivity contribution in [2.75, 3.05) is 6.54 Å². The number of hydrogen-bond acceptors (Lipinski definition) is 1. The van der Waals surface area contributed by atoms with E-state index in [1.54, 1.807) is 0 Å². The molecule has 1 aromatic carbocycles. The molecule has 1 N–H and O–H groups in total.